The topological polar surface area (TPSA) is 0 Å². The summed E-state index contributed by atoms with van der Waals surface area (Å²) in [6.07, 6.45) is 1.01. The molecule has 0 aromatic carbocycles. The summed E-state index contributed by atoms with van der Waals surface area (Å²) in [4.78, 5) is 0. The molecule has 0 aliphatic heterocycles. The average molecular weight is 228 g/mol. The molecule has 0 aromatic rings. The highest BCUT2D eigenvalue weighted by atomic mass is 19.3. The van der Waals surface area contributed by atoms with Crippen LogP contribution in [0.1, 0.15) is 40.0 Å². The van der Waals surface area contributed by atoms with Crippen LogP contribution < -0.4 is 0 Å². The van der Waals surface area contributed by atoms with Crippen LogP contribution in [0, 0.1) is 5.92 Å². The summed E-state index contributed by atoms with van der Waals surface area (Å²) in [6, 6.07) is 0. The molecular weight excluding hydrogens is 206 g/mol. The average Bonchev–Trinajstić information content (AvgIpc) is 2.23. The van der Waals surface area contributed by atoms with Gasteiger partial charge in [-0.1, -0.05) is 44.7 Å². The van der Waals surface area contributed by atoms with Crippen molar-refractivity contribution in [3.05, 3.63) is 36.5 Å². The minimum absolute atomic E-state index is 0.00821. The van der Waals surface area contributed by atoms with E-state index in [1.54, 1.807) is 20.8 Å². The molecule has 16 heavy (non-hydrogen) atoms. The number of hydrogen-bond acceptors (Lipinski definition) is 0. The third-order valence-electron chi connectivity index (χ3n) is 3.00. The number of allylic oxidation sites excluding steroid dienone is 3. The Morgan fingerprint density at radius 2 is 1.69 bits per heavy atom. The van der Waals surface area contributed by atoms with Gasteiger partial charge in [-0.25, -0.2) is 8.78 Å². The first-order chi connectivity index (χ1) is 7.27. The molecule has 0 saturated heterocycles. The van der Waals surface area contributed by atoms with Gasteiger partial charge in [0.2, 0.25) is 0 Å². The Kier molecular flexibility index (Phi) is 5.63. The van der Waals surface area contributed by atoms with E-state index in [2.05, 4.69) is 19.7 Å². The predicted molar refractivity (Wildman–Crippen MR) is 66.7 cm³/mol. The van der Waals surface area contributed by atoms with E-state index in [0.717, 1.165) is 5.57 Å². The quantitative estimate of drug-likeness (QED) is 0.418. The van der Waals surface area contributed by atoms with Gasteiger partial charge in [0.25, 0.3) is 5.92 Å². The van der Waals surface area contributed by atoms with Crippen LogP contribution in [0.5, 0.6) is 0 Å². The van der Waals surface area contributed by atoms with Gasteiger partial charge >= 0.3 is 0 Å². The Labute approximate surface area is 97.7 Å². The van der Waals surface area contributed by atoms with Gasteiger partial charge in [0.1, 0.15) is 0 Å². The molecule has 0 saturated carbocycles. The van der Waals surface area contributed by atoms with E-state index in [9.17, 15) is 8.78 Å². The van der Waals surface area contributed by atoms with Crippen molar-refractivity contribution in [2.45, 2.75) is 46.0 Å². The van der Waals surface area contributed by atoms with Gasteiger partial charge in [-0.05, 0) is 31.8 Å². The molecule has 2 heteroatoms. The van der Waals surface area contributed by atoms with E-state index in [4.69, 9.17) is 0 Å². The van der Waals surface area contributed by atoms with Gasteiger partial charge in [0.05, 0.1) is 0 Å². The fraction of sp³-hybridized carbons (Fsp3) is 0.571. The molecule has 0 aliphatic rings. The minimum atomic E-state index is -2.80. The summed E-state index contributed by atoms with van der Waals surface area (Å²) in [5, 5.41) is 0. The summed E-state index contributed by atoms with van der Waals surface area (Å²) >= 11 is 0. The zero-order chi connectivity index (χ0) is 12.9. The van der Waals surface area contributed by atoms with Crippen LogP contribution in [0.25, 0.3) is 0 Å². The maximum Gasteiger partial charge on any atom is 0.272 e. The molecule has 1 unspecified atom stereocenters. The van der Waals surface area contributed by atoms with E-state index in [1.807, 2.05) is 0 Å². The second-order valence-electron chi connectivity index (χ2n) is 4.27. The van der Waals surface area contributed by atoms with Crippen LogP contribution in [0.4, 0.5) is 8.78 Å². The van der Waals surface area contributed by atoms with Gasteiger partial charge in [-0.15, -0.1) is 0 Å². The summed E-state index contributed by atoms with van der Waals surface area (Å²) in [5.74, 6) is -3.52. The minimum Gasteiger partial charge on any atom is -0.201 e. The lowest BCUT2D eigenvalue weighted by molar-refractivity contribution is -0.0243. The standard InChI is InChI=1S/C14H22F2/c1-7-12(6)14(15,16)13(8-2)9-11(5)10(3)4/h13H,3,5-9H2,1-2,4H3. The lowest BCUT2D eigenvalue weighted by atomic mass is 9.85. The van der Waals surface area contributed by atoms with Gasteiger partial charge in [-0.2, -0.15) is 0 Å². The molecule has 1 atom stereocenters. The fourth-order valence-corrected chi connectivity index (χ4v) is 1.52. The van der Waals surface area contributed by atoms with Gasteiger partial charge < -0.3 is 0 Å². The largest absolute Gasteiger partial charge is 0.272 e. The van der Waals surface area contributed by atoms with Crippen molar-refractivity contribution in [3.63, 3.8) is 0 Å². The molecule has 0 aromatic heterocycles. The summed E-state index contributed by atoms with van der Waals surface area (Å²) in [6.45, 7) is 16.2. The van der Waals surface area contributed by atoms with Crippen LogP contribution >= 0.6 is 0 Å². The zero-order valence-electron chi connectivity index (χ0n) is 10.6. The van der Waals surface area contributed by atoms with E-state index in [0.29, 0.717) is 18.4 Å². The third kappa shape index (κ3) is 3.58. The number of halogens is 2. The Morgan fingerprint density at radius 1 is 1.19 bits per heavy atom. The van der Waals surface area contributed by atoms with E-state index in [-0.39, 0.29) is 12.0 Å². The van der Waals surface area contributed by atoms with Crippen molar-refractivity contribution in [3.8, 4) is 0 Å². The highest BCUT2D eigenvalue weighted by Crippen LogP contribution is 2.39. The van der Waals surface area contributed by atoms with Crippen LogP contribution in [0.15, 0.2) is 36.5 Å². The molecule has 92 valence electrons. The summed E-state index contributed by atoms with van der Waals surface area (Å²) < 4.78 is 27.9. The molecule has 0 aliphatic carbocycles. The Hall–Kier alpha value is -0.920. The van der Waals surface area contributed by atoms with Gasteiger partial charge in [-0.3, -0.25) is 0 Å². The molecule has 0 bridgehead atoms. The first kappa shape index (κ1) is 15.1. The summed E-state index contributed by atoms with van der Waals surface area (Å²) in [5.41, 5.74) is 1.49. The monoisotopic (exact) mass is 228 g/mol. The van der Waals surface area contributed by atoms with Gasteiger partial charge in [0.15, 0.2) is 0 Å². The van der Waals surface area contributed by atoms with Crippen LogP contribution in [0.2, 0.25) is 0 Å². The maximum absolute atomic E-state index is 13.9. The lowest BCUT2D eigenvalue weighted by Gasteiger charge is -2.28. The molecule has 0 fully saturated rings. The first-order valence-electron chi connectivity index (χ1n) is 5.67. The highest BCUT2D eigenvalue weighted by Gasteiger charge is 2.40. The lowest BCUT2D eigenvalue weighted by Crippen LogP contribution is -2.30. The van der Waals surface area contributed by atoms with Crippen molar-refractivity contribution < 1.29 is 8.78 Å². The molecule has 0 spiro atoms. The predicted octanol–water partition coefficient (Wildman–Crippen LogP) is 5.14. The fourth-order valence-electron chi connectivity index (χ4n) is 1.52. The molecule has 0 N–H and O–H groups in total. The second kappa shape index (κ2) is 5.97. The molecule has 0 rings (SSSR count). The number of hydrogen-bond donors (Lipinski definition) is 0. The summed E-state index contributed by atoms with van der Waals surface area (Å²) in [7, 11) is 0. The first-order valence-corrected chi connectivity index (χ1v) is 5.67. The van der Waals surface area contributed by atoms with Crippen LogP contribution in [-0.2, 0) is 0 Å². The second-order valence-corrected chi connectivity index (χ2v) is 4.27. The van der Waals surface area contributed by atoms with E-state index >= 15 is 0 Å². The smallest absolute Gasteiger partial charge is 0.201 e. The molecule has 0 amide bonds. The number of alkyl halides is 2. The Bertz CT molecular complexity index is 287. The van der Waals surface area contributed by atoms with Crippen LogP contribution in [0.3, 0.4) is 0 Å². The molecule has 0 heterocycles. The normalized spacial score (nSPS) is 13.3. The zero-order valence-corrected chi connectivity index (χ0v) is 10.6. The highest BCUT2D eigenvalue weighted by molar-refractivity contribution is 5.24. The Morgan fingerprint density at radius 3 is 2.00 bits per heavy atom. The van der Waals surface area contributed by atoms with E-state index < -0.39 is 11.8 Å². The molecule has 0 radical (unpaired) electrons. The van der Waals surface area contributed by atoms with Crippen molar-refractivity contribution in [2.24, 2.45) is 5.92 Å². The number of rotatable bonds is 7. The van der Waals surface area contributed by atoms with Crippen molar-refractivity contribution in [2.75, 3.05) is 0 Å². The maximum atomic E-state index is 13.9. The van der Waals surface area contributed by atoms with Crippen molar-refractivity contribution >= 4 is 0 Å². The molecular formula is C14H22F2. The van der Waals surface area contributed by atoms with Gasteiger partial charge in [0, 0.05) is 5.92 Å². The molecule has 0 nitrogen and oxygen atoms in total. The van der Waals surface area contributed by atoms with Crippen LogP contribution in [-0.4, -0.2) is 5.92 Å². The Balaban J connectivity index is 4.79. The van der Waals surface area contributed by atoms with Crippen molar-refractivity contribution in [1.82, 2.24) is 0 Å². The van der Waals surface area contributed by atoms with E-state index in [1.165, 1.54) is 0 Å². The third-order valence-corrected chi connectivity index (χ3v) is 3.00. The van der Waals surface area contributed by atoms with Crippen molar-refractivity contribution in [1.29, 1.82) is 0 Å². The SMILES string of the molecule is C=C(C)C(=C)CC(CC)C(F)(F)C(=C)CC.